The first-order valence-corrected chi connectivity index (χ1v) is 5.54. The lowest BCUT2D eigenvalue weighted by Gasteiger charge is -2.18. The van der Waals surface area contributed by atoms with Gasteiger partial charge in [-0.2, -0.15) is 0 Å². The van der Waals surface area contributed by atoms with Gasteiger partial charge in [0.2, 0.25) is 0 Å². The molecule has 2 N–H and O–H groups in total. The van der Waals surface area contributed by atoms with Crippen LogP contribution in [0.15, 0.2) is 42.9 Å². The van der Waals surface area contributed by atoms with E-state index in [0.717, 1.165) is 23.5 Å². The normalized spacial score (nSPS) is 10.2. The van der Waals surface area contributed by atoms with E-state index in [1.807, 2.05) is 31.4 Å². The Morgan fingerprint density at radius 1 is 1.24 bits per heavy atom. The molecule has 2 aromatic rings. The molecule has 0 spiro atoms. The van der Waals surface area contributed by atoms with Crippen molar-refractivity contribution < 1.29 is 0 Å². The highest BCUT2D eigenvalue weighted by Gasteiger charge is 2.04. The lowest BCUT2D eigenvalue weighted by molar-refractivity contribution is 0.886. The summed E-state index contributed by atoms with van der Waals surface area (Å²) in [5.74, 6) is 0.928. The number of nitrogens with two attached hydrogens (primary N) is 1. The zero-order chi connectivity index (χ0) is 12.1. The van der Waals surface area contributed by atoms with Gasteiger partial charge in [0, 0.05) is 38.7 Å². The molecule has 0 unspecified atom stereocenters. The van der Waals surface area contributed by atoms with Crippen molar-refractivity contribution in [1.82, 2.24) is 9.97 Å². The van der Waals surface area contributed by atoms with E-state index in [-0.39, 0.29) is 0 Å². The van der Waals surface area contributed by atoms with Gasteiger partial charge in [-0.1, -0.05) is 6.07 Å². The van der Waals surface area contributed by atoms with Crippen LogP contribution in [-0.4, -0.2) is 17.0 Å². The predicted octanol–water partition coefficient (Wildman–Crippen LogP) is 1.57. The summed E-state index contributed by atoms with van der Waals surface area (Å²) in [5, 5.41) is 0. The number of nitrogens with zero attached hydrogens (tertiary/aromatic N) is 3. The molecule has 0 amide bonds. The van der Waals surface area contributed by atoms with Crippen LogP contribution in [0.5, 0.6) is 0 Å². The number of hydrogen-bond acceptors (Lipinski definition) is 4. The van der Waals surface area contributed by atoms with Gasteiger partial charge in [-0.05, 0) is 29.3 Å². The van der Waals surface area contributed by atoms with E-state index in [4.69, 9.17) is 5.73 Å². The van der Waals surface area contributed by atoms with Gasteiger partial charge in [0.1, 0.15) is 5.82 Å². The molecule has 0 fully saturated rings. The fourth-order valence-corrected chi connectivity index (χ4v) is 1.64. The van der Waals surface area contributed by atoms with Gasteiger partial charge in [-0.15, -0.1) is 0 Å². The lowest BCUT2D eigenvalue weighted by atomic mass is 10.2. The number of rotatable bonds is 4. The molecule has 0 saturated carbocycles. The summed E-state index contributed by atoms with van der Waals surface area (Å²) in [5.41, 5.74) is 7.87. The molecular formula is C13H16N4. The summed E-state index contributed by atoms with van der Waals surface area (Å²) in [6.07, 6.45) is 5.43. The minimum absolute atomic E-state index is 0.538. The van der Waals surface area contributed by atoms with Gasteiger partial charge in [0.25, 0.3) is 0 Å². The van der Waals surface area contributed by atoms with E-state index in [9.17, 15) is 0 Å². The van der Waals surface area contributed by atoms with Crippen molar-refractivity contribution in [2.45, 2.75) is 13.1 Å². The van der Waals surface area contributed by atoms with Crippen LogP contribution in [0.25, 0.3) is 0 Å². The first kappa shape index (κ1) is 11.5. The maximum absolute atomic E-state index is 5.62. The second-order valence-electron chi connectivity index (χ2n) is 3.94. The third-order valence-corrected chi connectivity index (χ3v) is 2.58. The van der Waals surface area contributed by atoms with Crippen molar-refractivity contribution in [1.29, 1.82) is 0 Å². The van der Waals surface area contributed by atoms with Crippen molar-refractivity contribution >= 4 is 5.82 Å². The monoisotopic (exact) mass is 228 g/mol. The van der Waals surface area contributed by atoms with Crippen molar-refractivity contribution in [3.05, 3.63) is 54.0 Å². The van der Waals surface area contributed by atoms with Crippen LogP contribution >= 0.6 is 0 Å². The van der Waals surface area contributed by atoms with E-state index >= 15 is 0 Å². The van der Waals surface area contributed by atoms with Crippen molar-refractivity contribution in [2.24, 2.45) is 5.73 Å². The Morgan fingerprint density at radius 3 is 2.82 bits per heavy atom. The maximum Gasteiger partial charge on any atom is 0.128 e. The van der Waals surface area contributed by atoms with Crippen LogP contribution < -0.4 is 10.6 Å². The second-order valence-corrected chi connectivity index (χ2v) is 3.94. The number of pyridine rings is 2. The van der Waals surface area contributed by atoms with Crippen molar-refractivity contribution in [3.63, 3.8) is 0 Å². The van der Waals surface area contributed by atoms with E-state index in [2.05, 4.69) is 20.9 Å². The Labute approximate surface area is 101 Å². The fourth-order valence-electron chi connectivity index (χ4n) is 1.64. The quantitative estimate of drug-likeness (QED) is 0.863. The molecule has 0 saturated heterocycles. The van der Waals surface area contributed by atoms with E-state index in [1.54, 1.807) is 12.4 Å². The minimum atomic E-state index is 0.538. The summed E-state index contributed by atoms with van der Waals surface area (Å²) in [6, 6.07) is 7.93. The largest absolute Gasteiger partial charge is 0.355 e. The standard InChI is InChI=1S/C13H16N4/c1-17(10-12-3-2-5-15-9-12)13-7-11(8-14)4-6-16-13/h2-7,9H,8,10,14H2,1H3. The Kier molecular flexibility index (Phi) is 3.67. The molecule has 4 nitrogen and oxygen atoms in total. The molecule has 0 radical (unpaired) electrons. The summed E-state index contributed by atoms with van der Waals surface area (Å²) >= 11 is 0. The summed E-state index contributed by atoms with van der Waals surface area (Å²) in [7, 11) is 2.01. The van der Waals surface area contributed by atoms with E-state index in [0.29, 0.717) is 6.54 Å². The molecule has 0 aliphatic heterocycles. The molecule has 0 aliphatic carbocycles. The van der Waals surface area contributed by atoms with Gasteiger partial charge in [0.05, 0.1) is 0 Å². The zero-order valence-electron chi connectivity index (χ0n) is 9.87. The summed E-state index contributed by atoms with van der Waals surface area (Å²) in [6.45, 7) is 1.32. The Morgan fingerprint density at radius 2 is 2.12 bits per heavy atom. The van der Waals surface area contributed by atoms with Crippen molar-refractivity contribution in [2.75, 3.05) is 11.9 Å². The van der Waals surface area contributed by atoms with E-state index in [1.165, 1.54) is 0 Å². The Bertz CT molecular complexity index is 470. The van der Waals surface area contributed by atoms with Crippen LogP contribution in [0.1, 0.15) is 11.1 Å². The molecule has 2 rings (SSSR count). The predicted molar refractivity (Wildman–Crippen MR) is 68.5 cm³/mol. The van der Waals surface area contributed by atoms with Gasteiger partial charge < -0.3 is 10.6 Å². The molecule has 2 heterocycles. The van der Waals surface area contributed by atoms with Crippen LogP contribution in [0.2, 0.25) is 0 Å². The highest BCUT2D eigenvalue weighted by molar-refractivity contribution is 5.40. The van der Waals surface area contributed by atoms with Gasteiger partial charge in [0.15, 0.2) is 0 Å². The van der Waals surface area contributed by atoms with Crippen LogP contribution in [0.3, 0.4) is 0 Å². The molecular weight excluding hydrogens is 212 g/mol. The van der Waals surface area contributed by atoms with Crippen LogP contribution in [0, 0.1) is 0 Å². The molecule has 0 aromatic carbocycles. The second kappa shape index (κ2) is 5.41. The summed E-state index contributed by atoms with van der Waals surface area (Å²) in [4.78, 5) is 10.5. The maximum atomic E-state index is 5.62. The fraction of sp³-hybridized carbons (Fsp3) is 0.231. The van der Waals surface area contributed by atoms with Crippen LogP contribution in [-0.2, 0) is 13.1 Å². The van der Waals surface area contributed by atoms with Gasteiger partial charge in [-0.3, -0.25) is 4.98 Å². The topological polar surface area (TPSA) is 55.0 Å². The van der Waals surface area contributed by atoms with Gasteiger partial charge in [-0.25, -0.2) is 4.98 Å². The SMILES string of the molecule is CN(Cc1cccnc1)c1cc(CN)ccn1. The summed E-state index contributed by atoms with van der Waals surface area (Å²) < 4.78 is 0. The number of hydrogen-bond donors (Lipinski definition) is 1. The first-order chi connectivity index (χ1) is 8.29. The average Bonchev–Trinajstić information content (AvgIpc) is 2.40. The highest BCUT2D eigenvalue weighted by Crippen LogP contribution is 2.13. The third-order valence-electron chi connectivity index (χ3n) is 2.58. The smallest absolute Gasteiger partial charge is 0.128 e. The molecule has 88 valence electrons. The van der Waals surface area contributed by atoms with Crippen LogP contribution in [0.4, 0.5) is 5.82 Å². The average molecular weight is 228 g/mol. The third kappa shape index (κ3) is 3.01. The molecule has 2 aromatic heterocycles. The minimum Gasteiger partial charge on any atom is -0.355 e. The van der Waals surface area contributed by atoms with E-state index < -0.39 is 0 Å². The molecule has 4 heteroatoms. The number of aromatic nitrogens is 2. The highest BCUT2D eigenvalue weighted by atomic mass is 15.2. The van der Waals surface area contributed by atoms with Gasteiger partial charge >= 0.3 is 0 Å². The molecule has 17 heavy (non-hydrogen) atoms. The lowest BCUT2D eigenvalue weighted by Crippen LogP contribution is -2.18. The zero-order valence-corrected chi connectivity index (χ0v) is 9.87. The Balaban J connectivity index is 2.11. The molecule has 0 atom stereocenters. The van der Waals surface area contributed by atoms with Crippen molar-refractivity contribution in [3.8, 4) is 0 Å². The molecule has 0 aliphatic rings. The molecule has 0 bridgehead atoms. The number of anilines is 1. The first-order valence-electron chi connectivity index (χ1n) is 5.54. The Hall–Kier alpha value is -1.94.